The van der Waals surface area contributed by atoms with E-state index in [1.54, 1.807) is 0 Å². The molecule has 2 fully saturated rings. The van der Waals surface area contributed by atoms with Crippen LogP contribution in [0.1, 0.15) is 38.5 Å². The standard InChI is InChI=1S/C10H17BrO2/c11-9-5-1-2-6-10(9)12-7-3-4-8-13-10/h9H,1-8H2. The Morgan fingerprint density at radius 3 is 2.31 bits per heavy atom. The van der Waals surface area contributed by atoms with Crippen LogP contribution in [0, 0.1) is 0 Å². The SMILES string of the molecule is BrC1CCCCC12OCCCCO2. The third-order valence-corrected chi connectivity index (χ3v) is 4.10. The first-order valence-electron chi connectivity index (χ1n) is 5.25. The van der Waals surface area contributed by atoms with Gasteiger partial charge in [-0.3, -0.25) is 0 Å². The molecule has 0 N–H and O–H groups in total. The summed E-state index contributed by atoms with van der Waals surface area (Å²) < 4.78 is 11.7. The van der Waals surface area contributed by atoms with Crippen LogP contribution in [-0.2, 0) is 9.47 Å². The summed E-state index contributed by atoms with van der Waals surface area (Å²) in [5.41, 5.74) is 0. The summed E-state index contributed by atoms with van der Waals surface area (Å²) in [5.74, 6) is -0.283. The molecule has 1 atom stereocenters. The fourth-order valence-corrected chi connectivity index (χ4v) is 2.95. The van der Waals surface area contributed by atoms with Crippen molar-refractivity contribution in [2.45, 2.75) is 49.1 Å². The highest BCUT2D eigenvalue weighted by molar-refractivity contribution is 9.09. The molecule has 1 aliphatic heterocycles. The predicted molar refractivity (Wildman–Crippen MR) is 55.1 cm³/mol. The van der Waals surface area contributed by atoms with E-state index in [1.807, 2.05) is 0 Å². The Bertz CT molecular complexity index is 164. The van der Waals surface area contributed by atoms with E-state index in [4.69, 9.17) is 9.47 Å². The van der Waals surface area contributed by atoms with Gasteiger partial charge in [0.25, 0.3) is 0 Å². The molecule has 0 radical (unpaired) electrons. The fraction of sp³-hybridized carbons (Fsp3) is 1.00. The van der Waals surface area contributed by atoms with Crippen molar-refractivity contribution in [2.75, 3.05) is 13.2 Å². The van der Waals surface area contributed by atoms with E-state index in [9.17, 15) is 0 Å². The monoisotopic (exact) mass is 248 g/mol. The molecule has 13 heavy (non-hydrogen) atoms. The lowest BCUT2D eigenvalue weighted by atomic mass is 9.94. The second-order valence-corrected chi connectivity index (χ2v) is 5.03. The van der Waals surface area contributed by atoms with Crippen LogP contribution < -0.4 is 0 Å². The number of hydrogen-bond donors (Lipinski definition) is 0. The lowest BCUT2D eigenvalue weighted by Gasteiger charge is -2.39. The Labute approximate surface area is 88.1 Å². The molecule has 2 nitrogen and oxygen atoms in total. The van der Waals surface area contributed by atoms with E-state index in [2.05, 4.69) is 15.9 Å². The normalized spacial score (nSPS) is 34.4. The Morgan fingerprint density at radius 2 is 1.69 bits per heavy atom. The molecule has 1 saturated carbocycles. The lowest BCUT2D eigenvalue weighted by molar-refractivity contribution is -0.235. The smallest absolute Gasteiger partial charge is 0.180 e. The number of alkyl halides is 1. The molecular formula is C10H17BrO2. The van der Waals surface area contributed by atoms with Crippen LogP contribution >= 0.6 is 15.9 Å². The molecule has 0 aromatic rings. The number of halogens is 1. The first kappa shape index (κ1) is 9.94. The molecule has 1 saturated heterocycles. The highest BCUT2D eigenvalue weighted by atomic mass is 79.9. The van der Waals surface area contributed by atoms with Crippen molar-refractivity contribution in [3.05, 3.63) is 0 Å². The van der Waals surface area contributed by atoms with Gasteiger partial charge in [-0.15, -0.1) is 0 Å². The number of hydrogen-bond acceptors (Lipinski definition) is 2. The molecule has 1 spiro atoms. The Morgan fingerprint density at radius 1 is 1.00 bits per heavy atom. The van der Waals surface area contributed by atoms with E-state index in [-0.39, 0.29) is 5.79 Å². The number of ether oxygens (including phenoxy) is 2. The van der Waals surface area contributed by atoms with Gasteiger partial charge in [-0.05, 0) is 25.7 Å². The van der Waals surface area contributed by atoms with Crippen molar-refractivity contribution in [3.8, 4) is 0 Å². The van der Waals surface area contributed by atoms with Gasteiger partial charge in [0.2, 0.25) is 0 Å². The van der Waals surface area contributed by atoms with Crippen molar-refractivity contribution in [2.24, 2.45) is 0 Å². The Balaban J connectivity index is 2.05. The summed E-state index contributed by atoms with van der Waals surface area (Å²) in [5, 5.41) is 0. The third kappa shape index (κ3) is 2.08. The first-order chi connectivity index (χ1) is 6.33. The molecule has 76 valence electrons. The minimum atomic E-state index is -0.283. The second-order valence-electron chi connectivity index (χ2n) is 3.93. The minimum Gasteiger partial charge on any atom is -0.349 e. The summed E-state index contributed by atoms with van der Waals surface area (Å²) >= 11 is 3.69. The largest absolute Gasteiger partial charge is 0.349 e. The van der Waals surface area contributed by atoms with Crippen LogP contribution in [0.15, 0.2) is 0 Å². The van der Waals surface area contributed by atoms with Crippen LogP contribution in [-0.4, -0.2) is 23.8 Å². The average molecular weight is 249 g/mol. The first-order valence-corrected chi connectivity index (χ1v) is 6.17. The quantitative estimate of drug-likeness (QED) is 0.614. The maximum Gasteiger partial charge on any atom is 0.180 e. The van der Waals surface area contributed by atoms with Gasteiger partial charge in [0.1, 0.15) is 0 Å². The van der Waals surface area contributed by atoms with Crippen LogP contribution in [0.25, 0.3) is 0 Å². The van der Waals surface area contributed by atoms with Gasteiger partial charge in [-0.1, -0.05) is 22.4 Å². The van der Waals surface area contributed by atoms with Gasteiger partial charge in [0.05, 0.1) is 18.0 Å². The van der Waals surface area contributed by atoms with Gasteiger partial charge >= 0.3 is 0 Å². The van der Waals surface area contributed by atoms with E-state index in [1.165, 1.54) is 19.3 Å². The highest BCUT2D eigenvalue weighted by Gasteiger charge is 2.42. The van der Waals surface area contributed by atoms with Crippen molar-refractivity contribution in [1.82, 2.24) is 0 Å². The molecule has 0 bridgehead atoms. The maximum absolute atomic E-state index is 5.87. The Hall–Kier alpha value is 0.400. The van der Waals surface area contributed by atoms with Gasteiger partial charge in [-0.2, -0.15) is 0 Å². The minimum absolute atomic E-state index is 0.283. The average Bonchev–Trinajstić information content (AvgIpc) is 2.37. The van der Waals surface area contributed by atoms with Crippen LogP contribution in [0.5, 0.6) is 0 Å². The molecule has 1 heterocycles. The fourth-order valence-electron chi connectivity index (χ4n) is 2.13. The summed E-state index contributed by atoms with van der Waals surface area (Å²) in [6.45, 7) is 1.73. The van der Waals surface area contributed by atoms with E-state index < -0.39 is 0 Å². The van der Waals surface area contributed by atoms with Crippen molar-refractivity contribution >= 4 is 15.9 Å². The Kier molecular flexibility index (Phi) is 3.27. The van der Waals surface area contributed by atoms with Crippen molar-refractivity contribution < 1.29 is 9.47 Å². The van der Waals surface area contributed by atoms with E-state index >= 15 is 0 Å². The van der Waals surface area contributed by atoms with Crippen LogP contribution in [0.3, 0.4) is 0 Å². The van der Waals surface area contributed by atoms with Crippen LogP contribution in [0.2, 0.25) is 0 Å². The molecule has 1 unspecified atom stereocenters. The predicted octanol–water partition coefficient (Wildman–Crippen LogP) is 2.85. The maximum atomic E-state index is 5.87. The molecule has 3 heteroatoms. The second kappa shape index (κ2) is 4.28. The summed E-state index contributed by atoms with van der Waals surface area (Å²) in [6, 6.07) is 0. The third-order valence-electron chi connectivity index (χ3n) is 2.94. The molecule has 0 aromatic carbocycles. The lowest BCUT2D eigenvalue weighted by Crippen LogP contribution is -2.46. The molecular weight excluding hydrogens is 232 g/mol. The zero-order chi connectivity index (χ0) is 9.15. The molecule has 0 amide bonds. The van der Waals surface area contributed by atoms with Gasteiger partial charge in [0.15, 0.2) is 5.79 Å². The number of rotatable bonds is 0. The molecule has 2 aliphatic rings. The summed E-state index contributed by atoms with van der Waals surface area (Å²) in [6.07, 6.45) is 7.05. The van der Waals surface area contributed by atoms with Gasteiger partial charge in [0, 0.05) is 6.42 Å². The molecule has 1 aliphatic carbocycles. The topological polar surface area (TPSA) is 18.5 Å². The van der Waals surface area contributed by atoms with Gasteiger partial charge < -0.3 is 9.47 Å². The zero-order valence-corrected chi connectivity index (χ0v) is 9.51. The molecule has 0 aromatic heterocycles. The molecule has 2 rings (SSSR count). The van der Waals surface area contributed by atoms with Crippen molar-refractivity contribution in [3.63, 3.8) is 0 Å². The van der Waals surface area contributed by atoms with Crippen LogP contribution in [0.4, 0.5) is 0 Å². The van der Waals surface area contributed by atoms with E-state index in [0.717, 1.165) is 32.5 Å². The summed E-state index contributed by atoms with van der Waals surface area (Å²) in [7, 11) is 0. The van der Waals surface area contributed by atoms with Gasteiger partial charge in [-0.25, -0.2) is 0 Å². The van der Waals surface area contributed by atoms with E-state index in [0.29, 0.717) is 4.83 Å². The van der Waals surface area contributed by atoms with Crippen molar-refractivity contribution in [1.29, 1.82) is 0 Å². The highest BCUT2D eigenvalue weighted by Crippen LogP contribution is 2.38. The zero-order valence-electron chi connectivity index (χ0n) is 7.93. The summed E-state index contributed by atoms with van der Waals surface area (Å²) in [4.78, 5) is 0.395.